The largest absolute Gasteiger partial charge is 0.481 e. The Balaban J connectivity index is 1.65. The molecule has 1 amide bonds. The Morgan fingerprint density at radius 3 is 2.61 bits per heavy atom. The number of carbonyl (C=O) groups is 1. The van der Waals surface area contributed by atoms with E-state index < -0.39 is 0 Å². The van der Waals surface area contributed by atoms with E-state index in [1.54, 1.807) is 18.2 Å². The first kappa shape index (κ1) is 22.9. The van der Waals surface area contributed by atoms with Gasteiger partial charge in [-0.15, -0.1) is 16.8 Å². The highest BCUT2D eigenvalue weighted by Gasteiger charge is 2.20. The lowest BCUT2D eigenvalue weighted by Gasteiger charge is -2.16. The smallest absolute Gasteiger partial charge is 0.230 e. The van der Waals surface area contributed by atoms with Crippen LogP contribution in [0.25, 0.3) is 0 Å². The minimum Gasteiger partial charge on any atom is -0.481 e. The number of nitrogens with one attached hydrogen (secondary N) is 1. The maximum Gasteiger partial charge on any atom is 0.230 e. The zero-order valence-electron chi connectivity index (χ0n) is 17.5. The van der Waals surface area contributed by atoms with Crippen LogP contribution >= 0.6 is 23.4 Å². The quantitative estimate of drug-likeness (QED) is 0.334. The highest BCUT2D eigenvalue weighted by Crippen LogP contribution is 2.29. The number of para-hydroxylation sites is 1. The fraction of sp³-hybridized carbons (Fsp3) is 0.261. The molecular formula is C23H25ClN4O2S. The Morgan fingerprint density at radius 2 is 1.90 bits per heavy atom. The summed E-state index contributed by atoms with van der Waals surface area (Å²) in [6.45, 7) is 8.17. The molecule has 0 aliphatic heterocycles. The van der Waals surface area contributed by atoms with Crippen LogP contribution in [0.4, 0.5) is 0 Å². The number of nitrogens with zero attached hydrogens (tertiary/aromatic N) is 3. The molecular weight excluding hydrogens is 432 g/mol. The molecule has 0 aliphatic rings. The van der Waals surface area contributed by atoms with Crippen molar-refractivity contribution in [2.75, 3.05) is 5.75 Å². The molecule has 3 rings (SSSR count). The topological polar surface area (TPSA) is 69.0 Å². The normalized spacial score (nSPS) is 12.7. The number of thioether (sulfide) groups is 1. The lowest BCUT2D eigenvalue weighted by molar-refractivity contribution is -0.119. The van der Waals surface area contributed by atoms with Crippen molar-refractivity contribution in [2.45, 2.75) is 37.7 Å². The maximum atomic E-state index is 12.4. The Morgan fingerprint density at radius 1 is 1.19 bits per heavy atom. The highest BCUT2D eigenvalue weighted by molar-refractivity contribution is 7.99. The van der Waals surface area contributed by atoms with Crippen molar-refractivity contribution in [1.82, 2.24) is 20.1 Å². The van der Waals surface area contributed by atoms with Crippen molar-refractivity contribution < 1.29 is 9.53 Å². The number of ether oxygens (including phenoxy) is 1. The summed E-state index contributed by atoms with van der Waals surface area (Å²) in [6.07, 6.45) is 1.38. The molecule has 0 spiro atoms. The SMILES string of the molecule is C=CCn1c(SCC(=O)NC(C)c2ccccc2)nnc1C(C)Oc1ccccc1Cl. The monoisotopic (exact) mass is 456 g/mol. The number of benzene rings is 2. The third-order valence-electron chi connectivity index (χ3n) is 4.57. The van der Waals surface area contributed by atoms with Crippen molar-refractivity contribution in [3.63, 3.8) is 0 Å². The van der Waals surface area contributed by atoms with Crippen LogP contribution in [0.1, 0.15) is 37.4 Å². The van der Waals surface area contributed by atoms with Crippen molar-refractivity contribution in [3.05, 3.63) is 83.7 Å². The van der Waals surface area contributed by atoms with Crippen LogP contribution in [0.2, 0.25) is 5.02 Å². The zero-order chi connectivity index (χ0) is 22.2. The van der Waals surface area contributed by atoms with Crippen LogP contribution < -0.4 is 10.1 Å². The maximum absolute atomic E-state index is 12.4. The van der Waals surface area contributed by atoms with Crippen LogP contribution in [0.15, 0.2) is 72.4 Å². The molecule has 162 valence electrons. The van der Waals surface area contributed by atoms with Gasteiger partial charge < -0.3 is 10.1 Å². The van der Waals surface area contributed by atoms with Crippen molar-refractivity contribution in [2.24, 2.45) is 0 Å². The van der Waals surface area contributed by atoms with E-state index in [9.17, 15) is 4.79 Å². The van der Waals surface area contributed by atoms with Crippen molar-refractivity contribution in [1.29, 1.82) is 0 Å². The molecule has 0 radical (unpaired) electrons. The third-order valence-corrected chi connectivity index (χ3v) is 5.85. The Bertz CT molecular complexity index is 1030. The van der Waals surface area contributed by atoms with E-state index in [4.69, 9.17) is 16.3 Å². The van der Waals surface area contributed by atoms with E-state index in [0.29, 0.717) is 28.3 Å². The van der Waals surface area contributed by atoms with Gasteiger partial charge in [0.05, 0.1) is 16.8 Å². The molecule has 0 saturated heterocycles. The Labute approximate surface area is 191 Å². The molecule has 2 unspecified atom stereocenters. The van der Waals surface area contributed by atoms with Crippen LogP contribution in [0.3, 0.4) is 0 Å². The predicted octanol–water partition coefficient (Wildman–Crippen LogP) is 5.23. The number of amides is 1. The van der Waals surface area contributed by atoms with Gasteiger partial charge in [0.2, 0.25) is 5.91 Å². The van der Waals surface area contributed by atoms with Crippen LogP contribution in [0.5, 0.6) is 5.75 Å². The van der Waals surface area contributed by atoms with E-state index in [-0.39, 0.29) is 23.8 Å². The van der Waals surface area contributed by atoms with Gasteiger partial charge in [0.1, 0.15) is 5.75 Å². The highest BCUT2D eigenvalue weighted by atomic mass is 35.5. The lowest BCUT2D eigenvalue weighted by Crippen LogP contribution is -2.28. The molecule has 31 heavy (non-hydrogen) atoms. The van der Waals surface area contributed by atoms with Gasteiger partial charge in [-0.25, -0.2) is 0 Å². The number of hydrogen-bond donors (Lipinski definition) is 1. The third kappa shape index (κ3) is 6.12. The molecule has 2 atom stereocenters. The van der Waals surface area contributed by atoms with Crippen LogP contribution in [-0.4, -0.2) is 26.4 Å². The van der Waals surface area contributed by atoms with Crippen LogP contribution in [0, 0.1) is 0 Å². The molecule has 1 aromatic heterocycles. The van der Waals surface area contributed by atoms with E-state index in [1.165, 1.54) is 11.8 Å². The summed E-state index contributed by atoms with van der Waals surface area (Å²) in [7, 11) is 0. The molecule has 8 heteroatoms. The molecule has 0 saturated carbocycles. The summed E-state index contributed by atoms with van der Waals surface area (Å²) >= 11 is 7.53. The van der Waals surface area contributed by atoms with E-state index in [1.807, 2.05) is 60.9 Å². The molecule has 1 N–H and O–H groups in total. The number of rotatable bonds is 10. The first-order valence-corrected chi connectivity index (χ1v) is 11.3. The summed E-state index contributed by atoms with van der Waals surface area (Å²) in [5, 5.41) is 12.7. The molecule has 0 aliphatic carbocycles. The Hall–Kier alpha value is -2.77. The minimum atomic E-state index is -0.381. The van der Waals surface area contributed by atoms with Gasteiger partial charge in [0, 0.05) is 6.54 Å². The number of hydrogen-bond acceptors (Lipinski definition) is 5. The average molecular weight is 457 g/mol. The van der Waals surface area contributed by atoms with E-state index >= 15 is 0 Å². The summed E-state index contributed by atoms with van der Waals surface area (Å²) in [5.41, 5.74) is 1.06. The summed E-state index contributed by atoms with van der Waals surface area (Å²) in [4.78, 5) is 12.4. The lowest BCUT2D eigenvalue weighted by atomic mass is 10.1. The first-order valence-electron chi connectivity index (χ1n) is 9.92. The minimum absolute atomic E-state index is 0.0695. The van der Waals surface area contributed by atoms with E-state index in [0.717, 1.165) is 5.56 Å². The Kier molecular flexibility index (Phi) is 8.14. The predicted molar refractivity (Wildman–Crippen MR) is 124 cm³/mol. The molecule has 0 bridgehead atoms. The summed E-state index contributed by atoms with van der Waals surface area (Å²) in [5.74, 6) is 1.37. The molecule has 6 nitrogen and oxygen atoms in total. The molecule has 1 heterocycles. The van der Waals surface area contributed by atoms with E-state index in [2.05, 4.69) is 22.1 Å². The van der Waals surface area contributed by atoms with Gasteiger partial charge in [-0.2, -0.15) is 0 Å². The van der Waals surface area contributed by atoms with Gasteiger partial charge in [-0.1, -0.05) is 71.9 Å². The molecule has 2 aromatic carbocycles. The van der Waals surface area contributed by atoms with Gasteiger partial charge in [-0.05, 0) is 31.5 Å². The second kappa shape index (κ2) is 11.0. The fourth-order valence-corrected chi connectivity index (χ4v) is 3.98. The molecule has 3 aromatic rings. The summed E-state index contributed by atoms with van der Waals surface area (Å²) < 4.78 is 7.88. The zero-order valence-corrected chi connectivity index (χ0v) is 19.1. The fourth-order valence-electron chi connectivity index (χ4n) is 3.03. The van der Waals surface area contributed by atoms with Gasteiger partial charge >= 0.3 is 0 Å². The second-order valence-corrected chi connectivity index (χ2v) is 8.27. The van der Waals surface area contributed by atoms with Gasteiger partial charge in [0.15, 0.2) is 17.1 Å². The van der Waals surface area contributed by atoms with Crippen molar-refractivity contribution in [3.8, 4) is 5.75 Å². The number of carbonyl (C=O) groups excluding carboxylic acids is 1. The average Bonchev–Trinajstić information content (AvgIpc) is 3.17. The first-order chi connectivity index (χ1) is 15.0. The van der Waals surface area contributed by atoms with Gasteiger partial charge in [0.25, 0.3) is 0 Å². The summed E-state index contributed by atoms with van der Waals surface area (Å²) in [6, 6.07) is 17.1. The number of allylic oxidation sites excluding steroid dienone is 1. The number of halogens is 1. The van der Waals surface area contributed by atoms with Gasteiger partial charge in [-0.3, -0.25) is 9.36 Å². The second-order valence-electron chi connectivity index (χ2n) is 6.92. The standard InChI is InChI=1S/C23H25ClN4O2S/c1-4-14-28-22(17(3)30-20-13-9-8-12-19(20)24)26-27-23(28)31-15-21(29)25-16(2)18-10-6-5-7-11-18/h4-13,16-17H,1,14-15H2,2-3H3,(H,25,29). The van der Waals surface area contributed by atoms with Crippen molar-refractivity contribution >= 4 is 29.3 Å². The van der Waals surface area contributed by atoms with Crippen LogP contribution in [-0.2, 0) is 11.3 Å². The number of aromatic nitrogens is 3. The molecule has 0 fully saturated rings.